The number of piperidine rings is 1. The Kier molecular flexibility index (Phi) is 10.8. The summed E-state index contributed by atoms with van der Waals surface area (Å²) in [5.41, 5.74) is 10.2. The second-order valence-corrected chi connectivity index (χ2v) is 15.4. The number of imide groups is 1. The molecule has 2 unspecified atom stereocenters. The highest BCUT2D eigenvalue weighted by atomic mass is 16.3. The van der Waals surface area contributed by atoms with E-state index in [0.29, 0.717) is 24.6 Å². The fraction of sp³-hybridized carbons (Fsp3) is 0.370. The Morgan fingerprint density at radius 3 is 2.24 bits per heavy atom. The van der Waals surface area contributed by atoms with Gasteiger partial charge >= 0.3 is 0 Å². The SMILES string of the molecule is CCC(=C(c1ccc(O)cc1)c1ccc(CCCN2CCC(N3CCN(c4ccc5c(c4)CN(C4CCC(=O)NC4=O)C5=O)CC3)C2)cc1)c1ccccc1. The van der Waals surface area contributed by atoms with E-state index < -0.39 is 6.04 Å². The van der Waals surface area contributed by atoms with Crippen molar-refractivity contribution in [2.24, 2.45) is 0 Å². The van der Waals surface area contributed by atoms with Crippen molar-refractivity contribution in [1.82, 2.24) is 20.0 Å². The van der Waals surface area contributed by atoms with Crippen molar-refractivity contribution >= 4 is 34.6 Å². The molecule has 2 N–H and O–H groups in total. The molecule has 3 fully saturated rings. The average Bonchev–Trinajstić information content (AvgIpc) is 3.82. The van der Waals surface area contributed by atoms with Crippen LogP contribution in [0, 0.1) is 0 Å². The van der Waals surface area contributed by atoms with Gasteiger partial charge in [0, 0.05) is 63.0 Å². The Morgan fingerprint density at radius 1 is 0.800 bits per heavy atom. The molecule has 4 aromatic rings. The summed E-state index contributed by atoms with van der Waals surface area (Å²) in [5, 5.41) is 12.4. The molecule has 0 aromatic heterocycles. The second-order valence-electron chi connectivity index (χ2n) is 15.4. The number of benzene rings is 4. The summed E-state index contributed by atoms with van der Waals surface area (Å²) in [7, 11) is 0. The summed E-state index contributed by atoms with van der Waals surface area (Å²) >= 11 is 0. The molecule has 0 bridgehead atoms. The maximum absolute atomic E-state index is 13.2. The number of rotatable bonds is 11. The van der Waals surface area contributed by atoms with Gasteiger partial charge in [-0.3, -0.25) is 24.6 Å². The maximum atomic E-state index is 13.2. The molecule has 3 saturated heterocycles. The maximum Gasteiger partial charge on any atom is 0.255 e. The van der Waals surface area contributed by atoms with Crippen molar-refractivity contribution in [1.29, 1.82) is 0 Å². The molecule has 4 heterocycles. The number of nitrogens with one attached hydrogen (secondary N) is 1. The lowest BCUT2D eigenvalue weighted by molar-refractivity contribution is -0.136. The number of carbonyl (C=O) groups is 3. The number of piperazine rings is 1. The van der Waals surface area contributed by atoms with Crippen molar-refractivity contribution in [3.05, 3.63) is 130 Å². The molecule has 2 atom stereocenters. The van der Waals surface area contributed by atoms with Gasteiger partial charge in [-0.25, -0.2) is 0 Å². The molecule has 8 rings (SSSR count). The molecule has 0 aliphatic carbocycles. The highest BCUT2D eigenvalue weighted by Gasteiger charge is 2.39. The normalized spacial score (nSPS) is 21.1. The molecule has 4 aromatic carbocycles. The summed E-state index contributed by atoms with van der Waals surface area (Å²) in [5.74, 6) is -0.485. The van der Waals surface area contributed by atoms with E-state index in [1.165, 1.54) is 34.3 Å². The first kappa shape index (κ1) is 36.7. The number of likely N-dealkylation sites (tertiary alicyclic amines) is 1. The van der Waals surface area contributed by atoms with Gasteiger partial charge in [0.2, 0.25) is 11.8 Å². The first-order valence-corrected chi connectivity index (χ1v) is 20.0. The van der Waals surface area contributed by atoms with Crippen LogP contribution in [-0.2, 0) is 22.6 Å². The van der Waals surface area contributed by atoms with E-state index in [0.717, 1.165) is 81.9 Å². The van der Waals surface area contributed by atoms with Crippen LogP contribution in [0.2, 0.25) is 0 Å². The summed E-state index contributed by atoms with van der Waals surface area (Å²) in [6.45, 7) is 9.93. The number of aromatic hydroxyl groups is 1. The predicted octanol–water partition coefficient (Wildman–Crippen LogP) is 6.35. The van der Waals surface area contributed by atoms with E-state index in [4.69, 9.17) is 0 Å². The molecule has 55 heavy (non-hydrogen) atoms. The molecule has 4 aliphatic heterocycles. The number of anilines is 1. The lowest BCUT2D eigenvalue weighted by Gasteiger charge is -2.39. The topological polar surface area (TPSA) is 96.4 Å². The van der Waals surface area contributed by atoms with E-state index in [-0.39, 0.29) is 29.9 Å². The number of hydrogen-bond donors (Lipinski definition) is 2. The minimum Gasteiger partial charge on any atom is -0.508 e. The Hall–Kier alpha value is -5.25. The van der Waals surface area contributed by atoms with Gasteiger partial charge in [-0.2, -0.15) is 0 Å². The number of nitrogens with zero attached hydrogens (tertiary/aromatic N) is 4. The molecule has 4 aliphatic rings. The lowest BCUT2D eigenvalue weighted by atomic mass is 9.87. The van der Waals surface area contributed by atoms with Crippen LogP contribution in [0.4, 0.5) is 5.69 Å². The van der Waals surface area contributed by atoms with Crippen molar-refractivity contribution in [2.45, 2.75) is 64.1 Å². The fourth-order valence-corrected chi connectivity index (χ4v) is 9.07. The molecule has 0 radical (unpaired) electrons. The summed E-state index contributed by atoms with van der Waals surface area (Å²) in [6.07, 6.45) is 4.94. The van der Waals surface area contributed by atoms with Crippen LogP contribution in [0.1, 0.15) is 77.2 Å². The Morgan fingerprint density at radius 2 is 1.53 bits per heavy atom. The molecule has 9 nitrogen and oxygen atoms in total. The number of hydrogen-bond acceptors (Lipinski definition) is 7. The number of aryl methyl sites for hydroxylation is 1. The predicted molar refractivity (Wildman–Crippen MR) is 217 cm³/mol. The monoisotopic (exact) mass is 737 g/mol. The Bertz CT molecular complexity index is 2050. The molecule has 3 amide bonds. The van der Waals surface area contributed by atoms with Gasteiger partial charge < -0.3 is 19.8 Å². The quantitative estimate of drug-likeness (QED) is 0.137. The van der Waals surface area contributed by atoms with E-state index in [1.54, 1.807) is 17.0 Å². The van der Waals surface area contributed by atoms with Crippen molar-refractivity contribution in [3.8, 4) is 5.75 Å². The third-order valence-electron chi connectivity index (χ3n) is 12.1. The number of phenolic OH excluding ortho intramolecular Hbond substituents is 1. The van der Waals surface area contributed by atoms with Crippen LogP contribution < -0.4 is 10.2 Å². The van der Waals surface area contributed by atoms with Gasteiger partial charge in [0.05, 0.1) is 0 Å². The van der Waals surface area contributed by atoms with E-state index in [9.17, 15) is 19.5 Å². The van der Waals surface area contributed by atoms with Crippen LogP contribution in [-0.4, -0.2) is 95.4 Å². The fourth-order valence-electron chi connectivity index (χ4n) is 9.07. The zero-order valence-electron chi connectivity index (χ0n) is 31.8. The molecule has 0 spiro atoms. The zero-order chi connectivity index (χ0) is 37.9. The summed E-state index contributed by atoms with van der Waals surface area (Å²) in [4.78, 5) is 46.6. The Labute approximate surface area is 324 Å². The van der Waals surface area contributed by atoms with Crippen LogP contribution in [0.25, 0.3) is 11.1 Å². The largest absolute Gasteiger partial charge is 0.508 e. The van der Waals surface area contributed by atoms with Gasteiger partial charge in [-0.05, 0) is 114 Å². The van der Waals surface area contributed by atoms with Gasteiger partial charge in [0.25, 0.3) is 5.91 Å². The highest BCUT2D eigenvalue weighted by molar-refractivity contribution is 6.05. The standard InChI is InChI=1S/C46H51N5O4/c1-2-40(33-8-4-3-5-9-33)44(35-14-17-39(52)18-15-35)34-12-10-32(11-13-34)7-6-23-48-24-22-38(31-48)50-27-25-49(26-28-50)37-16-19-41-36(29-37)30-51(46(41)55)42-20-21-43(53)47-45(42)54/h3-5,8-19,29,38,42,52H,2,6-7,20-28,30-31H2,1H3,(H,47,53,54). The number of allylic oxidation sites excluding steroid dienone is 1. The van der Waals surface area contributed by atoms with Crippen molar-refractivity contribution < 1.29 is 19.5 Å². The number of amides is 3. The molecular weight excluding hydrogens is 687 g/mol. The van der Waals surface area contributed by atoms with Crippen LogP contribution in [0.15, 0.2) is 97.1 Å². The first-order chi connectivity index (χ1) is 26.8. The smallest absolute Gasteiger partial charge is 0.255 e. The first-order valence-electron chi connectivity index (χ1n) is 20.0. The van der Waals surface area contributed by atoms with Crippen LogP contribution >= 0.6 is 0 Å². The summed E-state index contributed by atoms with van der Waals surface area (Å²) in [6, 6.07) is 33.3. The zero-order valence-corrected chi connectivity index (χ0v) is 31.8. The van der Waals surface area contributed by atoms with Crippen molar-refractivity contribution in [2.75, 3.05) is 50.7 Å². The number of carbonyl (C=O) groups excluding carboxylic acids is 3. The minimum atomic E-state index is -0.587. The van der Waals surface area contributed by atoms with Gasteiger partial charge in [0.15, 0.2) is 0 Å². The van der Waals surface area contributed by atoms with E-state index in [2.05, 4.69) is 87.6 Å². The number of phenols is 1. The van der Waals surface area contributed by atoms with Gasteiger partial charge in [-0.1, -0.05) is 73.7 Å². The third-order valence-corrected chi connectivity index (χ3v) is 12.1. The molecule has 9 heteroatoms. The Balaban J connectivity index is 0.821. The summed E-state index contributed by atoms with van der Waals surface area (Å²) < 4.78 is 0. The molecular formula is C46H51N5O4. The van der Waals surface area contributed by atoms with Crippen LogP contribution in [0.5, 0.6) is 5.75 Å². The van der Waals surface area contributed by atoms with E-state index in [1.807, 2.05) is 24.3 Å². The van der Waals surface area contributed by atoms with Gasteiger partial charge in [0.1, 0.15) is 11.8 Å². The molecule has 0 saturated carbocycles. The van der Waals surface area contributed by atoms with Crippen molar-refractivity contribution in [3.63, 3.8) is 0 Å². The van der Waals surface area contributed by atoms with Crippen LogP contribution in [0.3, 0.4) is 0 Å². The highest BCUT2D eigenvalue weighted by Crippen LogP contribution is 2.36. The van der Waals surface area contributed by atoms with Gasteiger partial charge in [-0.15, -0.1) is 0 Å². The lowest BCUT2D eigenvalue weighted by Crippen LogP contribution is -2.52. The third kappa shape index (κ3) is 7.95. The second kappa shape index (κ2) is 16.2. The minimum absolute atomic E-state index is 0.123. The molecule has 284 valence electrons. The average molecular weight is 738 g/mol. The number of fused-ring (bicyclic) bond motifs is 1. The van der Waals surface area contributed by atoms with E-state index >= 15 is 0 Å².